The maximum Gasteiger partial charge on any atom is 0.261 e. The smallest absolute Gasteiger partial charge is 0.261 e. The Morgan fingerprint density at radius 3 is 3.00 bits per heavy atom. The van der Waals surface area contributed by atoms with Crippen LogP contribution in [0.2, 0.25) is 0 Å². The number of nitrogens with two attached hydrogens (primary N) is 1. The van der Waals surface area contributed by atoms with Crippen LogP contribution < -0.4 is 11.3 Å². The van der Waals surface area contributed by atoms with E-state index in [1.54, 1.807) is 0 Å². The van der Waals surface area contributed by atoms with E-state index in [-0.39, 0.29) is 6.61 Å². The van der Waals surface area contributed by atoms with E-state index in [0.717, 1.165) is 4.88 Å². The number of nitrogens with zero attached hydrogens (tertiary/aromatic N) is 1. The Kier molecular flexibility index (Phi) is 4.00. The fraction of sp³-hybridized carbons (Fsp3) is 0.500. The highest BCUT2D eigenvalue weighted by atomic mass is 32.1. The molecule has 1 aromatic heterocycles. The van der Waals surface area contributed by atoms with Crippen molar-refractivity contribution in [3.05, 3.63) is 11.1 Å². The summed E-state index contributed by atoms with van der Waals surface area (Å²) in [5, 5.41) is 0.538. The maximum atomic E-state index is 11.6. The molecule has 0 aromatic carbocycles. The highest BCUT2D eigenvalue weighted by Crippen LogP contribution is 2.17. The van der Waals surface area contributed by atoms with Crippen molar-refractivity contribution in [2.45, 2.75) is 13.0 Å². The van der Waals surface area contributed by atoms with Gasteiger partial charge in [-0.1, -0.05) is 11.3 Å². The van der Waals surface area contributed by atoms with E-state index in [4.69, 9.17) is 10.6 Å². The van der Waals surface area contributed by atoms with Gasteiger partial charge in [0.1, 0.15) is 6.61 Å². The van der Waals surface area contributed by atoms with E-state index in [0.29, 0.717) is 5.13 Å². The Hall–Kier alpha value is -0.790. The molecule has 13 heavy (non-hydrogen) atoms. The number of nitrogen functional groups attached to an aromatic ring is 1. The standard InChI is InChI=1S/C6H9F2N3OS/c7-5(8)3-12-2-4-1-10-6(11-9)13-4/h1,5H,2-3,9H2,(H,10,11). The summed E-state index contributed by atoms with van der Waals surface area (Å²) >= 11 is 1.27. The zero-order valence-corrected chi connectivity index (χ0v) is 7.48. The van der Waals surface area contributed by atoms with Crippen LogP contribution >= 0.6 is 11.3 Å². The summed E-state index contributed by atoms with van der Waals surface area (Å²) in [7, 11) is 0. The number of hydrogen-bond donors (Lipinski definition) is 2. The topological polar surface area (TPSA) is 60.2 Å². The molecule has 1 rings (SSSR count). The van der Waals surface area contributed by atoms with Crippen LogP contribution in [0, 0.1) is 0 Å². The number of alkyl halides is 2. The molecule has 0 saturated carbocycles. The van der Waals surface area contributed by atoms with E-state index in [1.807, 2.05) is 0 Å². The van der Waals surface area contributed by atoms with E-state index in [2.05, 4.69) is 10.4 Å². The monoisotopic (exact) mass is 209 g/mol. The van der Waals surface area contributed by atoms with Crippen LogP contribution in [-0.4, -0.2) is 18.0 Å². The second-order valence-corrected chi connectivity index (χ2v) is 3.30. The van der Waals surface area contributed by atoms with Crippen molar-refractivity contribution in [1.82, 2.24) is 4.98 Å². The fourth-order valence-corrected chi connectivity index (χ4v) is 1.35. The number of thiazole rings is 1. The SMILES string of the molecule is NNc1ncc(COCC(F)F)s1. The molecule has 3 N–H and O–H groups in total. The Bertz CT molecular complexity index is 256. The molecule has 0 atom stereocenters. The molecule has 74 valence electrons. The zero-order chi connectivity index (χ0) is 9.68. The quantitative estimate of drug-likeness (QED) is 0.565. The lowest BCUT2D eigenvalue weighted by atomic mass is 10.6. The van der Waals surface area contributed by atoms with Crippen molar-refractivity contribution in [2.75, 3.05) is 12.0 Å². The molecule has 0 aliphatic carbocycles. The first-order valence-corrected chi connectivity index (χ1v) is 4.31. The van der Waals surface area contributed by atoms with Crippen molar-refractivity contribution < 1.29 is 13.5 Å². The van der Waals surface area contributed by atoms with Gasteiger partial charge >= 0.3 is 0 Å². The minimum Gasteiger partial charge on any atom is -0.370 e. The van der Waals surface area contributed by atoms with Crippen LogP contribution in [0.3, 0.4) is 0 Å². The first-order chi connectivity index (χ1) is 6.22. The number of anilines is 1. The molecular weight excluding hydrogens is 200 g/mol. The van der Waals surface area contributed by atoms with Crippen molar-refractivity contribution in [3.63, 3.8) is 0 Å². The molecule has 0 bridgehead atoms. The van der Waals surface area contributed by atoms with Gasteiger partial charge in [-0.2, -0.15) is 0 Å². The molecular formula is C6H9F2N3OS. The normalized spacial score (nSPS) is 10.8. The summed E-state index contributed by atoms with van der Waals surface area (Å²) in [6.07, 6.45) is -0.897. The fourth-order valence-electron chi connectivity index (χ4n) is 0.690. The van der Waals surface area contributed by atoms with E-state index in [1.165, 1.54) is 17.5 Å². The third kappa shape index (κ3) is 3.62. The first kappa shape index (κ1) is 10.3. The van der Waals surface area contributed by atoms with Gasteiger partial charge in [-0.25, -0.2) is 19.6 Å². The van der Waals surface area contributed by atoms with Gasteiger partial charge in [0.2, 0.25) is 0 Å². The second kappa shape index (κ2) is 5.05. The Morgan fingerprint density at radius 2 is 2.46 bits per heavy atom. The predicted molar refractivity (Wildman–Crippen MR) is 45.6 cm³/mol. The van der Waals surface area contributed by atoms with Gasteiger partial charge in [-0.05, 0) is 0 Å². The van der Waals surface area contributed by atoms with Gasteiger partial charge in [0.05, 0.1) is 11.5 Å². The van der Waals surface area contributed by atoms with E-state index in [9.17, 15) is 8.78 Å². The van der Waals surface area contributed by atoms with Gasteiger partial charge in [0.15, 0.2) is 5.13 Å². The molecule has 7 heteroatoms. The first-order valence-electron chi connectivity index (χ1n) is 3.49. The number of ether oxygens (including phenoxy) is 1. The van der Waals surface area contributed by atoms with Crippen molar-refractivity contribution in [2.24, 2.45) is 5.84 Å². The molecule has 1 aromatic rings. The predicted octanol–water partition coefficient (Wildman–Crippen LogP) is 1.21. The number of halogens is 2. The molecule has 0 amide bonds. The number of hydrogen-bond acceptors (Lipinski definition) is 5. The number of rotatable bonds is 5. The van der Waals surface area contributed by atoms with Crippen molar-refractivity contribution in [3.8, 4) is 0 Å². The van der Waals surface area contributed by atoms with Crippen LogP contribution in [0.4, 0.5) is 13.9 Å². The van der Waals surface area contributed by atoms with Crippen LogP contribution in [0.1, 0.15) is 4.88 Å². The van der Waals surface area contributed by atoms with Gasteiger partial charge in [0.25, 0.3) is 6.43 Å². The molecule has 4 nitrogen and oxygen atoms in total. The minimum absolute atomic E-state index is 0.143. The average molecular weight is 209 g/mol. The highest BCUT2D eigenvalue weighted by Gasteiger charge is 2.04. The van der Waals surface area contributed by atoms with Crippen LogP contribution in [0.25, 0.3) is 0 Å². The summed E-state index contributed by atoms with van der Waals surface area (Å²) in [5.74, 6) is 5.08. The van der Waals surface area contributed by atoms with Crippen molar-refractivity contribution >= 4 is 16.5 Å². The molecule has 1 heterocycles. The lowest BCUT2D eigenvalue weighted by molar-refractivity contribution is 0.0107. The second-order valence-electron chi connectivity index (χ2n) is 2.18. The van der Waals surface area contributed by atoms with Gasteiger partial charge in [0, 0.05) is 6.20 Å². The third-order valence-corrected chi connectivity index (χ3v) is 2.07. The van der Waals surface area contributed by atoms with Gasteiger partial charge in [-0.3, -0.25) is 5.43 Å². The molecule has 0 radical (unpaired) electrons. The summed E-state index contributed by atoms with van der Waals surface area (Å²) in [5.41, 5.74) is 2.35. The van der Waals surface area contributed by atoms with Crippen LogP contribution in [0.5, 0.6) is 0 Å². The van der Waals surface area contributed by atoms with Crippen molar-refractivity contribution in [1.29, 1.82) is 0 Å². The number of nitrogens with one attached hydrogen (secondary N) is 1. The minimum atomic E-state index is -2.43. The molecule has 0 aliphatic heterocycles. The Morgan fingerprint density at radius 1 is 1.69 bits per heavy atom. The summed E-state index contributed by atoms with van der Waals surface area (Å²) in [6.45, 7) is -0.410. The Balaban J connectivity index is 2.28. The Labute approximate surface area is 77.7 Å². The molecule has 0 unspecified atom stereocenters. The summed E-state index contributed by atoms with van der Waals surface area (Å²) in [6, 6.07) is 0. The number of aromatic nitrogens is 1. The van der Waals surface area contributed by atoms with Crippen LogP contribution in [-0.2, 0) is 11.3 Å². The van der Waals surface area contributed by atoms with Crippen LogP contribution in [0.15, 0.2) is 6.20 Å². The zero-order valence-electron chi connectivity index (χ0n) is 6.67. The average Bonchev–Trinajstić information content (AvgIpc) is 2.52. The molecule has 0 spiro atoms. The summed E-state index contributed by atoms with van der Waals surface area (Å²) in [4.78, 5) is 4.61. The lowest BCUT2D eigenvalue weighted by Gasteiger charge is -1.99. The third-order valence-electron chi connectivity index (χ3n) is 1.17. The largest absolute Gasteiger partial charge is 0.370 e. The molecule has 0 aliphatic rings. The lowest BCUT2D eigenvalue weighted by Crippen LogP contribution is -2.05. The maximum absolute atomic E-state index is 11.6. The summed E-state index contributed by atoms with van der Waals surface area (Å²) < 4.78 is 28.0. The van der Waals surface area contributed by atoms with E-state index >= 15 is 0 Å². The molecule has 0 fully saturated rings. The van der Waals surface area contributed by atoms with E-state index < -0.39 is 13.0 Å². The van der Waals surface area contributed by atoms with Gasteiger partial charge in [-0.15, -0.1) is 0 Å². The highest BCUT2D eigenvalue weighted by molar-refractivity contribution is 7.15. The number of hydrazine groups is 1. The van der Waals surface area contributed by atoms with Gasteiger partial charge < -0.3 is 4.74 Å². The molecule has 0 saturated heterocycles.